The predicted molar refractivity (Wildman–Crippen MR) is 119 cm³/mol. The molecule has 0 saturated carbocycles. The van der Waals surface area contributed by atoms with Crippen molar-refractivity contribution in [3.05, 3.63) is 89.5 Å². The van der Waals surface area contributed by atoms with Gasteiger partial charge in [-0.1, -0.05) is 55.8 Å². The van der Waals surface area contributed by atoms with Crippen molar-refractivity contribution in [1.82, 2.24) is 0 Å². The van der Waals surface area contributed by atoms with Gasteiger partial charge >= 0.3 is 0 Å². The van der Waals surface area contributed by atoms with Crippen molar-refractivity contribution in [3.8, 4) is 5.75 Å². The van der Waals surface area contributed by atoms with E-state index in [1.165, 1.54) is 5.56 Å². The maximum absolute atomic E-state index is 11.8. The van der Waals surface area contributed by atoms with Crippen LogP contribution in [-0.4, -0.2) is 5.91 Å². The van der Waals surface area contributed by atoms with Crippen LogP contribution in [0.1, 0.15) is 30.5 Å². The molecular formula is C25H28N2O2. The molecule has 0 spiro atoms. The summed E-state index contributed by atoms with van der Waals surface area (Å²) in [7, 11) is 0. The van der Waals surface area contributed by atoms with Gasteiger partial charge in [-0.25, -0.2) is 0 Å². The van der Waals surface area contributed by atoms with Gasteiger partial charge in [0.05, 0.1) is 0 Å². The Morgan fingerprint density at radius 2 is 1.59 bits per heavy atom. The first-order valence-corrected chi connectivity index (χ1v) is 9.92. The molecule has 4 heteroatoms. The fraction of sp³-hybridized carbons (Fsp3) is 0.240. The van der Waals surface area contributed by atoms with Gasteiger partial charge in [0.15, 0.2) is 0 Å². The number of amides is 1. The van der Waals surface area contributed by atoms with Crippen molar-refractivity contribution in [1.29, 1.82) is 0 Å². The number of nitrogens with one attached hydrogen (secondary N) is 2. The summed E-state index contributed by atoms with van der Waals surface area (Å²) in [5, 5.41) is 6.30. The summed E-state index contributed by atoms with van der Waals surface area (Å²) in [6.07, 6.45) is 0. The second-order valence-electron chi connectivity index (χ2n) is 7.50. The van der Waals surface area contributed by atoms with Crippen LogP contribution in [0.25, 0.3) is 0 Å². The normalized spacial score (nSPS) is 10.6. The quantitative estimate of drug-likeness (QED) is 0.514. The van der Waals surface area contributed by atoms with Gasteiger partial charge in [0.1, 0.15) is 12.4 Å². The van der Waals surface area contributed by atoms with Crippen LogP contribution in [0.5, 0.6) is 5.75 Å². The lowest BCUT2D eigenvalue weighted by Gasteiger charge is -2.11. The molecule has 0 aliphatic carbocycles. The van der Waals surface area contributed by atoms with Gasteiger partial charge in [-0.3, -0.25) is 4.79 Å². The first kappa shape index (κ1) is 20.5. The van der Waals surface area contributed by atoms with Crippen LogP contribution in [-0.2, 0) is 17.9 Å². The standard InChI is InChI=1S/C25H28N2O2/c1-18(2)25(28)27-23-12-10-22(11-13-23)26-16-20-7-5-9-24(15-20)29-17-21-8-4-6-19(3)14-21/h4-15,18,26H,16-17H2,1-3H3,(H,27,28). The fourth-order valence-corrected chi connectivity index (χ4v) is 2.88. The Kier molecular flexibility index (Phi) is 6.90. The summed E-state index contributed by atoms with van der Waals surface area (Å²) in [5.41, 5.74) is 5.35. The third kappa shape index (κ3) is 6.39. The summed E-state index contributed by atoms with van der Waals surface area (Å²) in [5.74, 6) is 0.846. The number of benzene rings is 3. The highest BCUT2D eigenvalue weighted by molar-refractivity contribution is 5.92. The average Bonchev–Trinajstić information content (AvgIpc) is 2.72. The van der Waals surface area contributed by atoms with Crippen molar-refractivity contribution >= 4 is 17.3 Å². The zero-order valence-electron chi connectivity index (χ0n) is 17.2. The summed E-state index contributed by atoms with van der Waals surface area (Å²) < 4.78 is 5.94. The predicted octanol–water partition coefficient (Wildman–Crippen LogP) is 5.78. The number of anilines is 2. The highest BCUT2D eigenvalue weighted by Crippen LogP contribution is 2.18. The highest BCUT2D eigenvalue weighted by Gasteiger charge is 2.06. The number of rotatable bonds is 8. The molecule has 0 aliphatic heterocycles. The van der Waals surface area contributed by atoms with Crippen molar-refractivity contribution in [2.24, 2.45) is 5.92 Å². The Hall–Kier alpha value is -3.27. The first-order chi connectivity index (χ1) is 14.0. The molecule has 0 aliphatic rings. The first-order valence-electron chi connectivity index (χ1n) is 9.92. The Morgan fingerprint density at radius 1 is 0.897 bits per heavy atom. The molecule has 0 bridgehead atoms. The minimum absolute atomic E-state index is 0.0215. The number of aryl methyl sites for hydroxylation is 1. The number of carbonyl (C=O) groups excluding carboxylic acids is 1. The van der Waals surface area contributed by atoms with Crippen LogP contribution in [0.15, 0.2) is 72.8 Å². The van der Waals surface area contributed by atoms with Crippen molar-refractivity contribution in [2.45, 2.75) is 33.9 Å². The van der Waals surface area contributed by atoms with Gasteiger partial charge in [0.25, 0.3) is 0 Å². The lowest BCUT2D eigenvalue weighted by molar-refractivity contribution is -0.118. The summed E-state index contributed by atoms with van der Waals surface area (Å²) in [6, 6.07) is 24.2. The van der Waals surface area contributed by atoms with Crippen molar-refractivity contribution in [2.75, 3.05) is 10.6 Å². The van der Waals surface area contributed by atoms with Gasteiger partial charge in [-0.15, -0.1) is 0 Å². The topological polar surface area (TPSA) is 50.4 Å². The van der Waals surface area contributed by atoms with E-state index >= 15 is 0 Å². The maximum Gasteiger partial charge on any atom is 0.226 e. The van der Waals surface area contributed by atoms with Crippen LogP contribution < -0.4 is 15.4 Å². The SMILES string of the molecule is Cc1cccc(COc2cccc(CNc3ccc(NC(=O)C(C)C)cc3)c2)c1. The molecule has 0 saturated heterocycles. The van der Waals surface area contributed by atoms with E-state index in [9.17, 15) is 4.79 Å². The molecule has 0 aromatic heterocycles. The van der Waals surface area contributed by atoms with E-state index in [0.29, 0.717) is 13.2 Å². The molecule has 29 heavy (non-hydrogen) atoms. The Morgan fingerprint density at radius 3 is 2.31 bits per heavy atom. The fourth-order valence-electron chi connectivity index (χ4n) is 2.88. The highest BCUT2D eigenvalue weighted by atomic mass is 16.5. The molecule has 2 N–H and O–H groups in total. The Bertz CT molecular complexity index is 949. The van der Waals surface area contributed by atoms with E-state index in [2.05, 4.69) is 47.9 Å². The Balaban J connectivity index is 1.53. The van der Waals surface area contributed by atoms with Crippen LogP contribution in [0.3, 0.4) is 0 Å². The van der Waals surface area contributed by atoms with Crippen molar-refractivity contribution < 1.29 is 9.53 Å². The van der Waals surface area contributed by atoms with Gasteiger partial charge in [0, 0.05) is 23.8 Å². The monoisotopic (exact) mass is 388 g/mol. The average molecular weight is 389 g/mol. The van der Waals surface area contributed by atoms with Crippen LogP contribution in [0, 0.1) is 12.8 Å². The van der Waals surface area contributed by atoms with Gasteiger partial charge in [-0.2, -0.15) is 0 Å². The van der Waals surface area contributed by atoms with Crippen LogP contribution in [0.2, 0.25) is 0 Å². The molecule has 3 aromatic carbocycles. The van der Waals surface area contributed by atoms with E-state index in [-0.39, 0.29) is 11.8 Å². The smallest absolute Gasteiger partial charge is 0.226 e. The Labute approximate surface area is 172 Å². The molecule has 0 atom stereocenters. The molecule has 3 rings (SSSR count). The lowest BCUT2D eigenvalue weighted by Crippen LogP contribution is -2.17. The third-order valence-corrected chi connectivity index (χ3v) is 4.56. The molecule has 0 radical (unpaired) electrons. The van der Waals surface area contributed by atoms with E-state index in [4.69, 9.17) is 4.74 Å². The number of ether oxygens (including phenoxy) is 1. The van der Waals surface area contributed by atoms with Gasteiger partial charge in [-0.05, 0) is 54.4 Å². The van der Waals surface area contributed by atoms with Crippen LogP contribution >= 0.6 is 0 Å². The number of carbonyl (C=O) groups is 1. The molecule has 0 heterocycles. The number of hydrogen-bond acceptors (Lipinski definition) is 3. The maximum atomic E-state index is 11.8. The van der Waals surface area contributed by atoms with Crippen molar-refractivity contribution in [3.63, 3.8) is 0 Å². The third-order valence-electron chi connectivity index (χ3n) is 4.56. The molecule has 150 valence electrons. The lowest BCUT2D eigenvalue weighted by atomic mass is 10.1. The number of hydrogen-bond donors (Lipinski definition) is 2. The summed E-state index contributed by atoms with van der Waals surface area (Å²) in [4.78, 5) is 11.8. The second-order valence-corrected chi connectivity index (χ2v) is 7.50. The minimum Gasteiger partial charge on any atom is -0.489 e. The van der Waals surface area contributed by atoms with Gasteiger partial charge < -0.3 is 15.4 Å². The van der Waals surface area contributed by atoms with E-state index in [1.807, 2.05) is 56.3 Å². The zero-order chi connectivity index (χ0) is 20.6. The molecule has 1 amide bonds. The zero-order valence-corrected chi connectivity index (χ0v) is 17.2. The van der Waals surface area contributed by atoms with E-state index < -0.39 is 0 Å². The van der Waals surface area contributed by atoms with Gasteiger partial charge in [0.2, 0.25) is 5.91 Å². The molecule has 3 aromatic rings. The summed E-state index contributed by atoms with van der Waals surface area (Å²) >= 11 is 0. The summed E-state index contributed by atoms with van der Waals surface area (Å²) in [6.45, 7) is 7.09. The molecule has 0 fully saturated rings. The molecule has 0 unspecified atom stereocenters. The largest absolute Gasteiger partial charge is 0.489 e. The molecule has 4 nitrogen and oxygen atoms in total. The molecular weight excluding hydrogens is 360 g/mol. The van der Waals surface area contributed by atoms with Crippen LogP contribution in [0.4, 0.5) is 11.4 Å². The van der Waals surface area contributed by atoms with E-state index in [0.717, 1.165) is 28.3 Å². The van der Waals surface area contributed by atoms with E-state index in [1.54, 1.807) is 0 Å². The second kappa shape index (κ2) is 9.78. The minimum atomic E-state index is -0.0341.